The Balaban J connectivity index is 2.00. The average Bonchev–Trinajstić information content (AvgIpc) is 2.26. The molecule has 1 aliphatic carbocycles. The Morgan fingerprint density at radius 1 is 1.20 bits per heavy atom. The Labute approximate surface area is 90.8 Å². The second-order valence-corrected chi connectivity index (χ2v) is 4.65. The molecule has 1 aliphatic heterocycles. The van der Waals surface area contributed by atoms with Crippen LogP contribution in [0.4, 0.5) is 0 Å². The number of hydrogen-bond acceptors (Lipinski definition) is 2. The van der Waals surface area contributed by atoms with E-state index in [-0.39, 0.29) is 0 Å². The van der Waals surface area contributed by atoms with Gasteiger partial charge in [0, 0.05) is 24.9 Å². The SMILES string of the molecule is O=C(O)C=CN1CCCC2CCCCC21. The molecule has 1 N–H and O–H groups in total. The first-order valence-corrected chi connectivity index (χ1v) is 5.94. The van der Waals surface area contributed by atoms with E-state index in [1.165, 1.54) is 44.6 Å². The van der Waals surface area contributed by atoms with Gasteiger partial charge >= 0.3 is 5.97 Å². The highest BCUT2D eigenvalue weighted by Gasteiger charge is 2.31. The molecule has 1 heterocycles. The third-order valence-electron chi connectivity index (χ3n) is 3.69. The molecular weight excluding hydrogens is 190 g/mol. The number of aliphatic carboxylic acids is 1. The Morgan fingerprint density at radius 3 is 2.73 bits per heavy atom. The molecular formula is C12H19NO2. The van der Waals surface area contributed by atoms with Gasteiger partial charge in [0.25, 0.3) is 0 Å². The Bertz CT molecular complexity index is 260. The van der Waals surface area contributed by atoms with Crippen molar-refractivity contribution >= 4 is 5.97 Å². The maximum Gasteiger partial charge on any atom is 0.329 e. The maximum atomic E-state index is 10.5. The third-order valence-corrected chi connectivity index (χ3v) is 3.69. The van der Waals surface area contributed by atoms with Crippen molar-refractivity contribution in [2.45, 2.75) is 44.6 Å². The van der Waals surface area contributed by atoms with E-state index in [2.05, 4.69) is 4.90 Å². The molecule has 3 heteroatoms. The molecule has 1 saturated heterocycles. The monoisotopic (exact) mass is 209 g/mol. The fourth-order valence-electron chi connectivity index (χ4n) is 3.01. The molecule has 2 fully saturated rings. The highest BCUT2D eigenvalue weighted by Crippen LogP contribution is 2.35. The standard InChI is InChI=1S/C12H19NO2/c14-12(15)7-9-13-8-3-5-10-4-1-2-6-11(10)13/h7,9-11H,1-6,8H2,(H,14,15). The highest BCUT2D eigenvalue weighted by atomic mass is 16.4. The molecule has 0 radical (unpaired) electrons. The molecule has 2 atom stereocenters. The molecule has 0 spiro atoms. The van der Waals surface area contributed by atoms with Gasteiger partial charge in [0.05, 0.1) is 0 Å². The Hall–Kier alpha value is -0.990. The summed E-state index contributed by atoms with van der Waals surface area (Å²) in [5.74, 6) is -0.0288. The van der Waals surface area contributed by atoms with E-state index in [0.29, 0.717) is 6.04 Å². The van der Waals surface area contributed by atoms with Crippen LogP contribution in [0.1, 0.15) is 38.5 Å². The molecule has 1 saturated carbocycles. The van der Waals surface area contributed by atoms with Gasteiger partial charge in [0.2, 0.25) is 0 Å². The summed E-state index contributed by atoms with van der Waals surface area (Å²) in [4.78, 5) is 12.7. The molecule has 2 unspecified atom stereocenters. The lowest BCUT2D eigenvalue weighted by atomic mass is 9.78. The quantitative estimate of drug-likeness (QED) is 0.709. The summed E-state index contributed by atoms with van der Waals surface area (Å²) in [5, 5.41) is 8.63. The number of nitrogens with zero attached hydrogens (tertiary/aromatic N) is 1. The summed E-state index contributed by atoms with van der Waals surface area (Å²) in [6, 6.07) is 0.614. The second kappa shape index (κ2) is 4.69. The average molecular weight is 209 g/mol. The number of hydrogen-bond donors (Lipinski definition) is 1. The zero-order valence-corrected chi connectivity index (χ0v) is 9.06. The van der Waals surface area contributed by atoms with Crippen molar-refractivity contribution in [3.05, 3.63) is 12.3 Å². The van der Waals surface area contributed by atoms with E-state index in [4.69, 9.17) is 5.11 Å². The predicted molar refractivity (Wildman–Crippen MR) is 58.5 cm³/mol. The minimum Gasteiger partial charge on any atom is -0.478 e. The first-order valence-electron chi connectivity index (χ1n) is 5.94. The van der Waals surface area contributed by atoms with Crippen molar-refractivity contribution in [1.82, 2.24) is 4.90 Å². The van der Waals surface area contributed by atoms with Crippen LogP contribution in [0.15, 0.2) is 12.3 Å². The summed E-state index contributed by atoms with van der Waals surface area (Å²) in [6.45, 7) is 1.03. The zero-order chi connectivity index (χ0) is 10.7. The Morgan fingerprint density at radius 2 is 1.93 bits per heavy atom. The van der Waals surface area contributed by atoms with Crippen molar-refractivity contribution in [2.75, 3.05) is 6.54 Å². The predicted octanol–water partition coefficient (Wildman–Crippen LogP) is 2.24. The molecule has 2 aliphatic rings. The van der Waals surface area contributed by atoms with Gasteiger partial charge in [-0.3, -0.25) is 0 Å². The van der Waals surface area contributed by atoms with Crippen molar-refractivity contribution in [2.24, 2.45) is 5.92 Å². The summed E-state index contributed by atoms with van der Waals surface area (Å²) in [6.07, 6.45) is 10.8. The normalized spacial score (nSPS) is 31.6. The minimum absolute atomic E-state index is 0.614. The number of likely N-dealkylation sites (tertiary alicyclic amines) is 1. The Kier molecular flexibility index (Phi) is 3.29. The molecule has 84 valence electrons. The van der Waals surface area contributed by atoms with Crippen LogP contribution in [-0.4, -0.2) is 28.6 Å². The van der Waals surface area contributed by atoms with Gasteiger partial charge in [-0.1, -0.05) is 12.8 Å². The molecule has 2 rings (SSSR count). The number of carboxylic acid groups (broad SMARTS) is 1. The molecule has 0 aromatic rings. The van der Waals surface area contributed by atoms with E-state index in [1.54, 1.807) is 6.20 Å². The number of fused-ring (bicyclic) bond motifs is 1. The lowest BCUT2D eigenvalue weighted by Gasteiger charge is -2.43. The third kappa shape index (κ3) is 2.52. The minimum atomic E-state index is -0.840. The number of rotatable bonds is 2. The van der Waals surface area contributed by atoms with Gasteiger partial charge < -0.3 is 10.0 Å². The van der Waals surface area contributed by atoms with E-state index in [9.17, 15) is 4.79 Å². The fourth-order valence-corrected chi connectivity index (χ4v) is 3.01. The van der Waals surface area contributed by atoms with Crippen LogP contribution in [-0.2, 0) is 4.79 Å². The summed E-state index contributed by atoms with van der Waals surface area (Å²) < 4.78 is 0. The smallest absolute Gasteiger partial charge is 0.329 e. The first-order chi connectivity index (χ1) is 7.27. The van der Waals surface area contributed by atoms with Crippen molar-refractivity contribution in [3.63, 3.8) is 0 Å². The van der Waals surface area contributed by atoms with Crippen LogP contribution < -0.4 is 0 Å². The number of piperidine rings is 1. The number of carboxylic acids is 1. The molecule has 0 aromatic carbocycles. The molecule has 0 bridgehead atoms. The van der Waals surface area contributed by atoms with E-state index in [0.717, 1.165) is 12.5 Å². The van der Waals surface area contributed by atoms with Crippen LogP contribution in [0.5, 0.6) is 0 Å². The topological polar surface area (TPSA) is 40.5 Å². The van der Waals surface area contributed by atoms with Crippen LogP contribution >= 0.6 is 0 Å². The molecule has 0 aromatic heterocycles. The van der Waals surface area contributed by atoms with Crippen molar-refractivity contribution < 1.29 is 9.90 Å². The van der Waals surface area contributed by atoms with Gasteiger partial charge in [0.1, 0.15) is 0 Å². The van der Waals surface area contributed by atoms with Gasteiger partial charge in [-0.2, -0.15) is 0 Å². The van der Waals surface area contributed by atoms with E-state index in [1.807, 2.05) is 0 Å². The lowest BCUT2D eigenvalue weighted by molar-refractivity contribution is -0.131. The highest BCUT2D eigenvalue weighted by molar-refractivity contribution is 5.79. The van der Waals surface area contributed by atoms with Crippen molar-refractivity contribution in [1.29, 1.82) is 0 Å². The number of carbonyl (C=O) groups is 1. The van der Waals surface area contributed by atoms with E-state index < -0.39 is 5.97 Å². The fraction of sp³-hybridized carbons (Fsp3) is 0.750. The molecule has 15 heavy (non-hydrogen) atoms. The largest absolute Gasteiger partial charge is 0.478 e. The van der Waals surface area contributed by atoms with Gasteiger partial charge in [0.15, 0.2) is 0 Å². The van der Waals surface area contributed by atoms with Crippen LogP contribution in [0, 0.1) is 5.92 Å². The second-order valence-electron chi connectivity index (χ2n) is 4.65. The summed E-state index contributed by atoms with van der Waals surface area (Å²) in [5.41, 5.74) is 0. The first kappa shape index (κ1) is 10.5. The molecule has 3 nitrogen and oxygen atoms in total. The van der Waals surface area contributed by atoms with Gasteiger partial charge in [-0.05, 0) is 31.6 Å². The van der Waals surface area contributed by atoms with Crippen LogP contribution in [0.3, 0.4) is 0 Å². The molecule has 0 amide bonds. The van der Waals surface area contributed by atoms with Gasteiger partial charge in [-0.25, -0.2) is 4.79 Å². The summed E-state index contributed by atoms with van der Waals surface area (Å²) >= 11 is 0. The van der Waals surface area contributed by atoms with E-state index >= 15 is 0 Å². The van der Waals surface area contributed by atoms with Crippen molar-refractivity contribution in [3.8, 4) is 0 Å². The lowest BCUT2D eigenvalue weighted by Crippen LogP contribution is -2.43. The maximum absolute atomic E-state index is 10.5. The summed E-state index contributed by atoms with van der Waals surface area (Å²) in [7, 11) is 0. The van der Waals surface area contributed by atoms with Crippen LogP contribution in [0.2, 0.25) is 0 Å². The van der Waals surface area contributed by atoms with Gasteiger partial charge in [-0.15, -0.1) is 0 Å². The zero-order valence-electron chi connectivity index (χ0n) is 9.06. The van der Waals surface area contributed by atoms with Crippen LogP contribution in [0.25, 0.3) is 0 Å².